The highest BCUT2D eigenvalue weighted by Crippen LogP contribution is 2.31. The maximum atomic E-state index is 10.8. The minimum Gasteiger partial charge on any atom is -0.492 e. The van der Waals surface area contributed by atoms with Crippen LogP contribution in [0.3, 0.4) is 0 Å². The fourth-order valence-corrected chi connectivity index (χ4v) is 1.73. The maximum Gasteiger partial charge on any atom is 0.344 e. The van der Waals surface area contributed by atoms with Gasteiger partial charge in [-0.25, -0.2) is 4.68 Å². The summed E-state index contributed by atoms with van der Waals surface area (Å²) in [6.45, 7) is 3.74. The molecule has 20 heavy (non-hydrogen) atoms. The molecular weight excluding hydrogens is 266 g/mol. The molecule has 10 nitrogen and oxygen atoms in total. The SMILES string of the molecule is CCn1c([N+](=O)[O-])cnc1N=Nc1c(C)nn(C)c1O. The lowest BCUT2D eigenvalue weighted by molar-refractivity contribution is -0.392. The first-order valence-electron chi connectivity index (χ1n) is 5.80. The minimum atomic E-state index is -0.539. The summed E-state index contributed by atoms with van der Waals surface area (Å²) >= 11 is 0. The average Bonchev–Trinajstić information content (AvgIpc) is 2.90. The van der Waals surface area contributed by atoms with E-state index in [9.17, 15) is 15.2 Å². The maximum absolute atomic E-state index is 10.8. The van der Waals surface area contributed by atoms with Crippen LogP contribution in [-0.2, 0) is 13.6 Å². The van der Waals surface area contributed by atoms with Crippen molar-refractivity contribution in [1.29, 1.82) is 0 Å². The molecule has 10 heteroatoms. The molecule has 2 aromatic rings. The first-order valence-corrected chi connectivity index (χ1v) is 5.80. The Morgan fingerprint density at radius 3 is 2.70 bits per heavy atom. The van der Waals surface area contributed by atoms with Crippen LogP contribution in [0.2, 0.25) is 0 Å². The van der Waals surface area contributed by atoms with Crippen molar-refractivity contribution >= 4 is 17.5 Å². The van der Waals surface area contributed by atoms with Crippen molar-refractivity contribution < 1.29 is 10.0 Å². The second-order valence-electron chi connectivity index (χ2n) is 4.00. The lowest BCUT2D eigenvalue weighted by atomic mass is 10.4. The molecule has 1 N–H and O–H groups in total. The van der Waals surface area contributed by atoms with Crippen LogP contribution in [0.5, 0.6) is 5.88 Å². The van der Waals surface area contributed by atoms with E-state index in [2.05, 4.69) is 20.3 Å². The summed E-state index contributed by atoms with van der Waals surface area (Å²) in [5.41, 5.74) is 0.707. The quantitative estimate of drug-likeness (QED) is 0.520. The van der Waals surface area contributed by atoms with Gasteiger partial charge in [-0.3, -0.25) is 0 Å². The number of hydrogen-bond donors (Lipinski definition) is 1. The number of nitro groups is 1. The molecule has 2 heterocycles. The largest absolute Gasteiger partial charge is 0.492 e. The topological polar surface area (TPSA) is 124 Å². The molecule has 0 spiro atoms. The van der Waals surface area contributed by atoms with E-state index in [4.69, 9.17) is 0 Å². The Kier molecular flexibility index (Phi) is 3.46. The molecular formula is C10H13N7O3. The van der Waals surface area contributed by atoms with Gasteiger partial charge in [-0.1, -0.05) is 5.11 Å². The minimum absolute atomic E-state index is 0.0989. The predicted octanol–water partition coefficient (Wildman–Crippen LogP) is 1.97. The second kappa shape index (κ2) is 5.07. The molecule has 0 fully saturated rings. The van der Waals surface area contributed by atoms with E-state index < -0.39 is 4.92 Å². The Hall–Kier alpha value is -2.78. The zero-order valence-corrected chi connectivity index (χ0v) is 11.2. The number of hydrogen-bond acceptors (Lipinski definition) is 7. The monoisotopic (exact) mass is 279 g/mol. The fourth-order valence-electron chi connectivity index (χ4n) is 1.73. The van der Waals surface area contributed by atoms with Crippen molar-refractivity contribution in [3.05, 3.63) is 22.0 Å². The van der Waals surface area contributed by atoms with Crippen molar-refractivity contribution in [2.24, 2.45) is 17.3 Å². The molecule has 0 aliphatic heterocycles. The zero-order valence-electron chi connectivity index (χ0n) is 11.2. The summed E-state index contributed by atoms with van der Waals surface area (Å²) in [6, 6.07) is 0. The molecule has 0 unspecified atom stereocenters. The highest BCUT2D eigenvalue weighted by Gasteiger charge is 2.19. The van der Waals surface area contributed by atoms with Crippen molar-refractivity contribution in [2.75, 3.05) is 0 Å². The third-order valence-corrected chi connectivity index (χ3v) is 2.72. The van der Waals surface area contributed by atoms with Crippen LogP contribution >= 0.6 is 0 Å². The number of imidazole rings is 1. The van der Waals surface area contributed by atoms with Gasteiger partial charge in [0.2, 0.25) is 5.88 Å². The molecule has 0 aliphatic carbocycles. The van der Waals surface area contributed by atoms with Crippen LogP contribution in [-0.4, -0.2) is 29.4 Å². The molecule has 0 radical (unpaired) electrons. The van der Waals surface area contributed by atoms with Gasteiger partial charge in [0.1, 0.15) is 6.20 Å². The van der Waals surface area contributed by atoms with Gasteiger partial charge in [-0.05, 0) is 18.8 Å². The van der Waals surface area contributed by atoms with E-state index in [1.165, 1.54) is 9.25 Å². The highest BCUT2D eigenvalue weighted by molar-refractivity contribution is 5.50. The number of aromatic nitrogens is 4. The summed E-state index contributed by atoms with van der Waals surface area (Å²) < 4.78 is 2.57. The number of aromatic hydroxyl groups is 1. The van der Waals surface area contributed by atoms with E-state index in [0.717, 1.165) is 6.20 Å². The molecule has 0 saturated heterocycles. The van der Waals surface area contributed by atoms with Gasteiger partial charge in [0.05, 0.1) is 12.2 Å². The van der Waals surface area contributed by atoms with Gasteiger partial charge in [0.15, 0.2) is 5.69 Å². The molecule has 0 bridgehead atoms. The van der Waals surface area contributed by atoms with E-state index in [1.807, 2.05) is 0 Å². The highest BCUT2D eigenvalue weighted by atomic mass is 16.6. The third kappa shape index (κ3) is 2.22. The summed E-state index contributed by atoms with van der Waals surface area (Å²) in [7, 11) is 1.57. The van der Waals surface area contributed by atoms with Crippen molar-refractivity contribution in [2.45, 2.75) is 20.4 Å². The number of rotatable bonds is 4. The van der Waals surface area contributed by atoms with Gasteiger partial charge in [0, 0.05) is 7.05 Å². The van der Waals surface area contributed by atoms with Crippen LogP contribution in [0, 0.1) is 17.0 Å². The lowest BCUT2D eigenvalue weighted by Crippen LogP contribution is -1.99. The summed E-state index contributed by atoms with van der Waals surface area (Å²) in [5.74, 6) is -0.189. The normalized spacial score (nSPS) is 11.3. The Morgan fingerprint density at radius 1 is 1.50 bits per heavy atom. The van der Waals surface area contributed by atoms with E-state index in [1.54, 1.807) is 20.9 Å². The van der Waals surface area contributed by atoms with Gasteiger partial charge in [-0.2, -0.15) is 14.6 Å². The Bertz CT molecular complexity index is 685. The van der Waals surface area contributed by atoms with Crippen LogP contribution in [0.15, 0.2) is 16.4 Å². The third-order valence-electron chi connectivity index (χ3n) is 2.72. The van der Waals surface area contributed by atoms with E-state index >= 15 is 0 Å². The fraction of sp³-hybridized carbons (Fsp3) is 0.400. The Balaban J connectivity index is 2.39. The number of nitrogens with zero attached hydrogens (tertiary/aromatic N) is 7. The molecule has 2 aromatic heterocycles. The van der Waals surface area contributed by atoms with Crippen LogP contribution in [0.4, 0.5) is 17.5 Å². The average molecular weight is 279 g/mol. The first-order chi connectivity index (χ1) is 9.45. The van der Waals surface area contributed by atoms with Gasteiger partial charge >= 0.3 is 11.8 Å². The molecule has 2 rings (SSSR count). The zero-order chi connectivity index (χ0) is 14.9. The second-order valence-corrected chi connectivity index (χ2v) is 4.00. The van der Waals surface area contributed by atoms with Crippen LogP contribution < -0.4 is 0 Å². The van der Waals surface area contributed by atoms with Crippen LogP contribution in [0.1, 0.15) is 12.6 Å². The standard InChI is InChI=1S/C10H13N7O3/c1-4-16-7(17(19)20)5-11-10(16)13-12-8-6(2)14-15(3)9(8)18/h5,18H,4H2,1-3H3. The molecule has 0 amide bonds. The summed E-state index contributed by atoms with van der Waals surface area (Å²) in [5, 5.41) is 32.2. The smallest absolute Gasteiger partial charge is 0.344 e. The molecule has 0 atom stereocenters. The number of azo groups is 1. The van der Waals surface area contributed by atoms with E-state index in [0.29, 0.717) is 12.2 Å². The molecule has 0 aliphatic rings. The van der Waals surface area contributed by atoms with Gasteiger partial charge in [-0.15, -0.1) is 5.11 Å². The number of aryl methyl sites for hydroxylation is 2. The van der Waals surface area contributed by atoms with E-state index in [-0.39, 0.29) is 23.3 Å². The molecule has 0 saturated carbocycles. The summed E-state index contributed by atoms with van der Waals surface area (Å²) in [4.78, 5) is 14.1. The van der Waals surface area contributed by atoms with Gasteiger partial charge in [0.25, 0.3) is 0 Å². The Morgan fingerprint density at radius 2 is 2.20 bits per heavy atom. The molecule has 0 aromatic carbocycles. The summed E-state index contributed by atoms with van der Waals surface area (Å²) in [6.07, 6.45) is 1.12. The first kappa shape index (κ1) is 13.6. The van der Waals surface area contributed by atoms with Crippen LogP contribution in [0.25, 0.3) is 0 Å². The van der Waals surface area contributed by atoms with Crippen molar-refractivity contribution in [3.63, 3.8) is 0 Å². The van der Waals surface area contributed by atoms with Gasteiger partial charge < -0.3 is 15.2 Å². The lowest BCUT2D eigenvalue weighted by Gasteiger charge is -1.97. The van der Waals surface area contributed by atoms with Crippen molar-refractivity contribution in [1.82, 2.24) is 19.3 Å². The van der Waals surface area contributed by atoms with Crippen molar-refractivity contribution in [3.8, 4) is 5.88 Å². The molecule has 106 valence electrons. The Labute approximate surface area is 113 Å². The predicted molar refractivity (Wildman–Crippen MR) is 68.3 cm³/mol.